The average molecular weight is 237 g/mol. The molecule has 0 radical (unpaired) electrons. The van der Waals surface area contributed by atoms with Gasteiger partial charge in [0.1, 0.15) is 0 Å². The highest BCUT2D eigenvalue weighted by molar-refractivity contribution is 5.90. The summed E-state index contributed by atoms with van der Waals surface area (Å²) in [5.74, 6) is 6.53. The molecule has 92 valence electrons. The highest BCUT2D eigenvalue weighted by Gasteiger charge is 1.99. The molecule has 0 heterocycles. The van der Waals surface area contributed by atoms with Gasteiger partial charge in [-0.2, -0.15) is 0 Å². The van der Waals surface area contributed by atoms with E-state index < -0.39 is 0 Å². The Morgan fingerprint density at radius 3 is 2.56 bits per heavy atom. The molecule has 2 N–H and O–H groups in total. The molecule has 0 saturated carbocycles. The van der Waals surface area contributed by atoms with Gasteiger partial charge in [0.05, 0.1) is 0 Å². The maximum Gasteiger partial charge on any atom is 0.0323 e. The molecular weight excluding hydrogens is 218 g/mol. The predicted octanol–water partition coefficient (Wildman–Crippen LogP) is 3.63. The SMILES string of the molecule is Cc1ccc(C#CCCCCN)c2ccccc12. The molecule has 0 spiro atoms. The summed E-state index contributed by atoms with van der Waals surface area (Å²) in [7, 11) is 0. The molecule has 0 unspecified atom stereocenters. The number of rotatable bonds is 3. The number of nitrogens with two attached hydrogens (primary N) is 1. The highest BCUT2D eigenvalue weighted by Crippen LogP contribution is 2.21. The number of hydrogen-bond donors (Lipinski definition) is 1. The van der Waals surface area contributed by atoms with Crippen LogP contribution in [0.25, 0.3) is 10.8 Å². The lowest BCUT2D eigenvalue weighted by Crippen LogP contribution is -1.96. The van der Waals surface area contributed by atoms with Gasteiger partial charge in [0, 0.05) is 12.0 Å². The first-order valence-corrected chi connectivity index (χ1v) is 6.50. The van der Waals surface area contributed by atoms with Crippen LogP contribution in [0, 0.1) is 18.8 Å². The molecule has 0 aliphatic heterocycles. The van der Waals surface area contributed by atoms with Crippen LogP contribution in [0.5, 0.6) is 0 Å². The first-order chi connectivity index (χ1) is 8.83. The lowest BCUT2D eigenvalue weighted by atomic mass is 10.0. The lowest BCUT2D eigenvalue weighted by molar-refractivity contribution is 0.768. The molecule has 18 heavy (non-hydrogen) atoms. The zero-order valence-corrected chi connectivity index (χ0v) is 10.9. The van der Waals surface area contributed by atoms with Gasteiger partial charge in [-0.15, -0.1) is 0 Å². The standard InChI is InChI=1S/C17H19N/c1-14-11-12-15(8-4-2-3-7-13-18)17-10-6-5-9-16(14)17/h5-6,9-12H,2-3,7,13,18H2,1H3. The third-order valence-electron chi connectivity index (χ3n) is 3.12. The maximum atomic E-state index is 5.46. The van der Waals surface area contributed by atoms with E-state index in [0.29, 0.717) is 0 Å². The molecule has 0 aromatic heterocycles. The van der Waals surface area contributed by atoms with Gasteiger partial charge in [0.15, 0.2) is 0 Å². The van der Waals surface area contributed by atoms with Gasteiger partial charge < -0.3 is 5.73 Å². The van der Waals surface area contributed by atoms with Crippen LogP contribution in [0.1, 0.15) is 30.4 Å². The normalized spacial score (nSPS) is 10.1. The topological polar surface area (TPSA) is 26.0 Å². The van der Waals surface area contributed by atoms with Crippen molar-refractivity contribution in [1.82, 2.24) is 0 Å². The van der Waals surface area contributed by atoms with Gasteiger partial charge in [-0.3, -0.25) is 0 Å². The van der Waals surface area contributed by atoms with E-state index in [-0.39, 0.29) is 0 Å². The second-order valence-electron chi connectivity index (χ2n) is 4.52. The Balaban J connectivity index is 2.26. The van der Waals surface area contributed by atoms with Gasteiger partial charge in [-0.05, 0) is 48.7 Å². The Bertz CT molecular complexity index is 587. The maximum absolute atomic E-state index is 5.46. The van der Waals surface area contributed by atoms with Crippen LogP contribution >= 0.6 is 0 Å². The van der Waals surface area contributed by atoms with Crippen molar-refractivity contribution >= 4 is 10.8 Å². The van der Waals surface area contributed by atoms with E-state index >= 15 is 0 Å². The molecule has 0 saturated heterocycles. The van der Waals surface area contributed by atoms with Crippen molar-refractivity contribution in [1.29, 1.82) is 0 Å². The Labute approximate surface area is 109 Å². The zero-order valence-electron chi connectivity index (χ0n) is 10.9. The monoisotopic (exact) mass is 237 g/mol. The van der Waals surface area contributed by atoms with Crippen molar-refractivity contribution < 1.29 is 0 Å². The summed E-state index contributed by atoms with van der Waals surface area (Å²) in [6.07, 6.45) is 3.08. The molecule has 2 aromatic carbocycles. The smallest absolute Gasteiger partial charge is 0.0323 e. The predicted molar refractivity (Wildman–Crippen MR) is 78.5 cm³/mol. The molecule has 1 nitrogen and oxygen atoms in total. The molecule has 0 bridgehead atoms. The quantitative estimate of drug-likeness (QED) is 0.640. The molecule has 2 aromatic rings. The Morgan fingerprint density at radius 2 is 1.78 bits per heavy atom. The fourth-order valence-corrected chi connectivity index (χ4v) is 2.07. The van der Waals surface area contributed by atoms with Crippen molar-refractivity contribution in [2.45, 2.75) is 26.2 Å². The third kappa shape index (κ3) is 2.91. The van der Waals surface area contributed by atoms with Gasteiger partial charge in [-0.1, -0.05) is 42.2 Å². The fraction of sp³-hybridized carbons (Fsp3) is 0.294. The first kappa shape index (κ1) is 12.7. The van der Waals surface area contributed by atoms with E-state index in [0.717, 1.165) is 31.4 Å². The van der Waals surface area contributed by atoms with Crippen molar-refractivity contribution in [3.05, 3.63) is 47.5 Å². The molecule has 0 amide bonds. The van der Waals surface area contributed by atoms with Crippen molar-refractivity contribution in [2.75, 3.05) is 6.54 Å². The molecule has 0 aliphatic rings. The lowest BCUT2D eigenvalue weighted by Gasteiger charge is -2.03. The van der Waals surface area contributed by atoms with Crippen LogP contribution in [0.3, 0.4) is 0 Å². The number of unbranched alkanes of at least 4 members (excludes halogenated alkanes) is 2. The molecule has 1 heteroatoms. The Morgan fingerprint density at radius 1 is 1.00 bits per heavy atom. The number of hydrogen-bond acceptors (Lipinski definition) is 1. The van der Waals surface area contributed by atoms with Gasteiger partial charge in [0.2, 0.25) is 0 Å². The summed E-state index contributed by atoms with van der Waals surface area (Å²) in [5, 5.41) is 2.55. The molecule has 0 fully saturated rings. The van der Waals surface area contributed by atoms with Crippen LogP contribution in [-0.2, 0) is 0 Å². The zero-order chi connectivity index (χ0) is 12.8. The number of aryl methyl sites for hydroxylation is 1. The summed E-state index contributed by atoms with van der Waals surface area (Å²) in [6, 6.07) is 12.7. The molecule has 2 rings (SSSR count). The minimum atomic E-state index is 0.759. The number of fused-ring (bicyclic) bond motifs is 1. The summed E-state index contributed by atoms with van der Waals surface area (Å²) >= 11 is 0. The van der Waals surface area contributed by atoms with Crippen LogP contribution in [-0.4, -0.2) is 6.54 Å². The van der Waals surface area contributed by atoms with E-state index in [1.165, 1.54) is 16.3 Å². The van der Waals surface area contributed by atoms with Crippen molar-refractivity contribution in [3.63, 3.8) is 0 Å². The van der Waals surface area contributed by atoms with Crippen LogP contribution in [0.4, 0.5) is 0 Å². The minimum Gasteiger partial charge on any atom is -0.330 e. The Hall–Kier alpha value is -1.78. The van der Waals surface area contributed by atoms with E-state index in [4.69, 9.17) is 5.73 Å². The average Bonchev–Trinajstić information content (AvgIpc) is 2.41. The van der Waals surface area contributed by atoms with Crippen molar-refractivity contribution in [2.24, 2.45) is 5.73 Å². The van der Waals surface area contributed by atoms with Crippen LogP contribution in [0.15, 0.2) is 36.4 Å². The summed E-state index contributed by atoms with van der Waals surface area (Å²) < 4.78 is 0. The van der Waals surface area contributed by atoms with Gasteiger partial charge in [0.25, 0.3) is 0 Å². The second kappa shape index (κ2) is 6.23. The third-order valence-corrected chi connectivity index (χ3v) is 3.12. The summed E-state index contributed by atoms with van der Waals surface area (Å²) in [4.78, 5) is 0. The van der Waals surface area contributed by atoms with Gasteiger partial charge in [-0.25, -0.2) is 0 Å². The fourth-order valence-electron chi connectivity index (χ4n) is 2.07. The van der Waals surface area contributed by atoms with Crippen LogP contribution < -0.4 is 5.73 Å². The first-order valence-electron chi connectivity index (χ1n) is 6.50. The van der Waals surface area contributed by atoms with Gasteiger partial charge >= 0.3 is 0 Å². The second-order valence-corrected chi connectivity index (χ2v) is 4.52. The summed E-state index contributed by atoms with van der Waals surface area (Å²) in [6.45, 7) is 2.90. The van der Waals surface area contributed by atoms with E-state index in [1.807, 2.05) is 0 Å². The van der Waals surface area contributed by atoms with Crippen molar-refractivity contribution in [3.8, 4) is 11.8 Å². The van der Waals surface area contributed by atoms with E-state index in [9.17, 15) is 0 Å². The molecular formula is C17H19N. The Kier molecular flexibility index (Phi) is 4.39. The van der Waals surface area contributed by atoms with E-state index in [1.54, 1.807) is 0 Å². The minimum absolute atomic E-state index is 0.759. The van der Waals surface area contributed by atoms with E-state index in [2.05, 4.69) is 55.2 Å². The largest absolute Gasteiger partial charge is 0.330 e. The molecule has 0 atom stereocenters. The summed E-state index contributed by atoms with van der Waals surface area (Å²) in [5.41, 5.74) is 7.90. The molecule has 0 aliphatic carbocycles. The highest BCUT2D eigenvalue weighted by atomic mass is 14.5. The van der Waals surface area contributed by atoms with Crippen LogP contribution in [0.2, 0.25) is 0 Å². The number of benzene rings is 2.